The maximum absolute atomic E-state index is 12.1. The van der Waals surface area contributed by atoms with Crippen LogP contribution < -0.4 is 0 Å². The molecule has 4 atom stereocenters. The summed E-state index contributed by atoms with van der Waals surface area (Å²) in [5.74, 6) is -0.831. The van der Waals surface area contributed by atoms with Crippen LogP contribution in [0.5, 0.6) is 0 Å². The topological polar surface area (TPSA) is 142 Å². The van der Waals surface area contributed by atoms with Crippen molar-refractivity contribution in [2.75, 3.05) is 26.3 Å². The van der Waals surface area contributed by atoms with E-state index in [1.807, 2.05) is 6.92 Å². The predicted octanol–water partition coefficient (Wildman–Crippen LogP) is -2.18. The highest BCUT2D eigenvalue weighted by atomic mass is 16.4. The summed E-state index contributed by atoms with van der Waals surface area (Å²) >= 11 is 0. The lowest BCUT2D eigenvalue weighted by molar-refractivity contribution is -0.158. The summed E-state index contributed by atoms with van der Waals surface area (Å²) < 4.78 is 0. The molecule has 0 radical (unpaired) electrons. The Hall–Kier alpha value is -0.770. The van der Waals surface area contributed by atoms with E-state index < -0.39 is 36.9 Å². The lowest BCUT2D eigenvalue weighted by atomic mass is 10.0. The zero-order valence-corrected chi connectivity index (χ0v) is 13.0. The third kappa shape index (κ3) is 6.99. The SMILES string of the molecule is CCCCCCN(CCO)C(=O)C(O)C(O)C(O)C(O)CO. The van der Waals surface area contributed by atoms with Gasteiger partial charge in [-0.1, -0.05) is 26.2 Å². The molecule has 8 nitrogen and oxygen atoms in total. The Balaban J connectivity index is 4.61. The molecule has 0 aliphatic rings. The Labute approximate surface area is 130 Å². The first-order valence-corrected chi connectivity index (χ1v) is 7.63. The van der Waals surface area contributed by atoms with Gasteiger partial charge in [-0.05, 0) is 6.42 Å². The molecule has 0 aliphatic heterocycles. The van der Waals surface area contributed by atoms with Crippen LogP contribution in [0.4, 0.5) is 0 Å². The Bertz CT molecular complexity index is 303. The number of carbonyl (C=O) groups is 1. The minimum atomic E-state index is -1.94. The Morgan fingerprint density at radius 2 is 1.59 bits per heavy atom. The fourth-order valence-electron chi connectivity index (χ4n) is 2.04. The monoisotopic (exact) mass is 323 g/mol. The van der Waals surface area contributed by atoms with Crippen LogP contribution in [-0.4, -0.2) is 92.2 Å². The van der Waals surface area contributed by atoms with E-state index in [4.69, 9.17) is 10.2 Å². The second-order valence-electron chi connectivity index (χ2n) is 5.29. The second kappa shape index (κ2) is 11.8. The summed E-state index contributed by atoms with van der Waals surface area (Å²) in [5, 5.41) is 56.0. The molecule has 0 heterocycles. The van der Waals surface area contributed by atoms with E-state index in [1.54, 1.807) is 0 Å². The number of aliphatic hydroxyl groups is 6. The van der Waals surface area contributed by atoms with Crippen LogP contribution in [0.2, 0.25) is 0 Å². The second-order valence-corrected chi connectivity index (χ2v) is 5.29. The molecule has 0 aromatic heterocycles. The van der Waals surface area contributed by atoms with Crippen molar-refractivity contribution < 1.29 is 35.4 Å². The summed E-state index contributed by atoms with van der Waals surface area (Å²) in [6, 6.07) is 0. The summed E-state index contributed by atoms with van der Waals surface area (Å²) in [5.41, 5.74) is 0. The minimum Gasteiger partial charge on any atom is -0.395 e. The van der Waals surface area contributed by atoms with E-state index in [0.29, 0.717) is 13.0 Å². The number of nitrogens with zero attached hydrogens (tertiary/aromatic N) is 1. The number of rotatable bonds is 12. The molecule has 0 bridgehead atoms. The number of amides is 1. The van der Waals surface area contributed by atoms with Crippen molar-refractivity contribution in [1.29, 1.82) is 0 Å². The van der Waals surface area contributed by atoms with Crippen LogP contribution in [0.25, 0.3) is 0 Å². The van der Waals surface area contributed by atoms with Gasteiger partial charge in [0.05, 0.1) is 13.2 Å². The fraction of sp³-hybridized carbons (Fsp3) is 0.929. The molecule has 0 aromatic carbocycles. The number of carbonyl (C=O) groups excluding carboxylic acids is 1. The third-order valence-electron chi connectivity index (χ3n) is 3.47. The third-order valence-corrected chi connectivity index (χ3v) is 3.47. The van der Waals surface area contributed by atoms with Gasteiger partial charge in [-0.2, -0.15) is 0 Å². The molecule has 4 unspecified atom stereocenters. The van der Waals surface area contributed by atoms with Gasteiger partial charge in [-0.25, -0.2) is 0 Å². The van der Waals surface area contributed by atoms with Gasteiger partial charge in [0.2, 0.25) is 0 Å². The lowest BCUT2D eigenvalue weighted by Crippen LogP contribution is -2.53. The van der Waals surface area contributed by atoms with Crippen molar-refractivity contribution >= 4 is 5.91 Å². The molecule has 6 N–H and O–H groups in total. The van der Waals surface area contributed by atoms with E-state index in [0.717, 1.165) is 19.3 Å². The molecule has 1 amide bonds. The maximum atomic E-state index is 12.1. The quantitative estimate of drug-likeness (QED) is 0.224. The van der Waals surface area contributed by atoms with Crippen molar-refractivity contribution in [3.63, 3.8) is 0 Å². The fourth-order valence-corrected chi connectivity index (χ4v) is 2.04. The number of hydrogen-bond donors (Lipinski definition) is 6. The van der Waals surface area contributed by atoms with Gasteiger partial charge >= 0.3 is 0 Å². The summed E-state index contributed by atoms with van der Waals surface area (Å²) in [7, 11) is 0. The standard InChI is InChI=1S/C14H29NO7/c1-2-3-4-5-6-15(7-8-16)14(22)13(21)12(20)11(19)10(18)9-17/h10-13,16-21H,2-9H2,1H3. The van der Waals surface area contributed by atoms with Crippen molar-refractivity contribution in [3.8, 4) is 0 Å². The van der Waals surface area contributed by atoms with Crippen molar-refractivity contribution in [1.82, 2.24) is 4.90 Å². The number of aliphatic hydroxyl groups excluding tert-OH is 6. The van der Waals surface area contributed by atoms with Gasteiger partial charge in [-0.3, -0.25) is 4.79 Å². The Kier molecular flexibility index (Phi) is 11.3. The van der Waals surface area contributed by atoms with Gasteiger partial charge in [0.1, 0.15) is 18.3 Å². The molecule has 0 aromatic rings. The number of hydrogen-bond acceptors (Lipinski definition) is 7. The first-order valence-electron chi connectivity index (χ1n) is 7.63. The normalized spacial score (nSPS) is 16.9. The largest absolute Gasteiger partial charge is 0.395 e. The molecule has 0 fully saturated rings. The van der Waals surface area contributed by atoms with Gasteiger partial charge < -0.3 is 35.5 Å². The average Bonchev–Trinajstić information content (AvgIpc) is 2.54. The molecule has 0 spiro atoms. The highest BCUT2D eigenvalue weighted by Crippen LogP contribution is 2.10. The van der Waals surface area contributed by atoms with Gasteiger partial charge in [0, 0.05) is 13.1 Å². The maximum Gasteiger partial charge on any atom is 0.254 e. The van der Waals surface area contributed by atoms with E-state index >= 15 is 0 Å². The van der Waals surface area contributed by atoms with Gasteiger partial charge in [0.25, 0.3) is 5.91 Å². The van der Waals surface area contributed by atoms with E-state index in [1.165, 1.54) is 4.90 Å². The summed E-state index contributed by atoms with van der Waals surface area (Å²) in [6.45, 7) is 1.28. The van der Waals surface area contributed by atoms with Gasteiger partial charge in [0.15, 0.2) is 6.10 Å². The van der Waals surface area contributed by atoms with Gasteiger partial charge in [-0.15, -0.1) is 0 Å². The first-order chi connectivity index (χ1) is 10.4. The highest BCUT2D eigenvalue weighted by Gasteiger charge is 2.36. The predicted molar refractivity (Wildman–Crippen MR) is 78.9 cm³/mol. The summed E-state index contributed by atoms with van der Waals surface area (Å²) in [4.78, 5) is 13.3. The molecule has 8 heteroatoms. The number of unbranched alkanes of at least 4 members (excludes halogenated alkanes) is 3. The van der Waals surface area contributed by atoms with Crippen molar-refractivity contribution in [2.45, 2.75) is 57.0 Å². The molecule has 0 rings (SSSR count). The van der Waals surface area contributed by atoms with E-state index in [-0.39, 0.29) is 13.2 Å². The molecule has 22 heavy (non-hydrogen) atoms. The minimum absolute atomic E-state index is 0.00733. The van der Waals surface area contributed by atoms with Crippen LogP contribution in [0.15, 0.2) is 0 Å². The van der Waals surface area contributed by atoms with Crippen LogP contribution in [-0.2, 0) is 4.79 Å². The average molecular weight is 323 g/mol. The van der Waals surface area contributed by atoms with Crippen molar-refractivity contribution in [2.24, 2.45) is 0 Å². The summed E-state index contributed by atoms with van der Waals surface area (Å²) in [6.07, 6.45) is -3.73. The van der Waals surface area contributed by atoms with E-state index in [9.17, 15) is 25.2 Å². The molecule has 0 saturated heterocycles. The molecule has 0 saturated carbocycles. The highest BCUT2D eigenvalue weighted by molar-refractivity contribution is 5.81. The van der Waals surface area contributed by atoms with Crippen LogP contribution in [0.3, 0.4) is 0 Å². The Morgan fingerprint density at radius 3 is 2.09 bits per heavy atom. The van der Waals surface area contributed by atoms with Crippen LogP contribution >= 0.6 is 0 Å². The Morgan fingerprint density at radius 1 is 0.955 bits per heavy atom. The molecular weight excluding hydrogens is 294 g/mol. The van der Waals surface area contributed by atoms with Crippen molar-refractivity contribution in [3.05, 3.63) is 0 Å². The molecule has 0 aliphatic carbocycles. The zero-order chi connectivity index (χ0) is 17.1. The zero-order valence-electron chi connectivity index (χ0n) is 13.0. The van der Waals surface area contributed by atoms with E-state index in [2.05, 4.69) is 0 Å². The van der Waals surface area contributed by atoms with Crippen LogP contribution in [0.1, 0.15) is 32.6 Å². The van der Waals surface area contributed by atoms with Crippen LogP contribution in [0, 0.1) is 0 Å². The molecular formula is C14H29NO7. The first kappa shape index (κ1) is 21.2. The lowest BCUT2D eigenvalue weighted by Gasteiger charge is -2.29. The smallest absolute Gasteiger partial charge is 0.254 e. The molecule has 132 valence electrons.